The monoisotopic (exact) mass is 404 g/mol. The van der Waals surface area contributed by atoms with Crippen LogP contribution in [0.4, 0.5) is 0 Å². The molecule has 0 fully saturated rings. The van der Waals surface area contributed by atoms with E-state index in [1.807, 2.05) is 44.7 Å². The molecule has 2 rings (SSSR count). The van der Waals surface area contributed by atoms with Crippen LogP contribution < -0.4 is 0 Å². The van der Waals surface area contributed by atoms with Gasteiger partial charge in [-0.25, -0.2) is 24.3 Å². The minimum atomic E-state index is 0. The van der Waals surface area contributed by atoms with E-state index < -0.39 is 0 Å². The normalized spacial score (nSPS) is 11.1. The SMILES string of the molecule is C=O.C=O.C=O.[C-]1=CC=CC1.[C-]1=CC=CC1.[W+2]. The molecule has 0 amide bonds. The molecule has 0 aromatic rings. The van der Waals surface area contributed by atoms with Gasteiger partial charge in [-0.1, -0.05) is 0 Å². The molecule has 2 aliphatic carbocycles. The van der Waals surface area contributed by atoms with E-state index in [0.29, 0.717) is 0 Å². The smallest absolute Gasteiger partial charge is 0.307 e. The first-order valence-corrected chi connectivity index (χ1v) is 4.30. The predicted octanol–water partition coefficient (Wildman–Crippen LogP) is 2.05. The summed E-state index contributed by atoms with van der Waals surface area (Å²) in [6.45, 7) is 6.00. The van der Waals surface area contributed by atoms with Gasteiger partial charge in [0.25, 0.3) is 0 Å². The van der Waals surface area contributed by atoms with Crippen LogP contribution in [0.1, 0.15) is 12.8 Å². The van der Waals surface area contributed by atoms with Gasteiger partial charge in [0.2, 0.25) is 0 Å². The number of hydrogen-bond acceptors (Lipinski definition) is 3. The van der Waals surface area contributed by atoms with Crippen LogP contribution in [0.3, 0.4) is 0 Å². The zero-order chi connectivity index (χ0) is 13.1. The molecule has 3 nitrogen and oxygen atoms in total. The number of allylic oxidation sites excluding steroid dienone is 8. The third-order valence-corrected chi connectivity index (χ3v) is 1.17. The van der Waals surface area contributed by atoms with Crippen LogP contribution in [0, 0.1) is 12.2 Å². The first kappa shape index (κ1) is 24.8. The minimum absolute atomic E-state index is 0. The van der Waals surface area contributed by atoms with Gasteiger partial charge in [0.05, 0.1) is 0 Å². The van der Waals surface area contributed by atoms with Crippen LogP contribution in [-0.2, 0) is 35.4 Å². The van der Waals surface area contributed by atoms with Gasteiger partial charge in [0.1, 0.15) is 20.4 Å². The van der Waals surface area contributed by atoms with Gasteiger partial charge in [-0.05, 0) is 0 Å². The summed E-state index contributed by atoms with van der Waals surface area (Å²) in [4.78, 5) is 24.0. The Morgan fingerprint density at radius 2 is 1.00 bits per heavy atom. The first-order chi connectivity index (χ1) is 8.00. The Balaban J connectivity index is -0.0000000672. The summed E-state index contributed by atoms with van der Waals surface area (Å²) in [7, 11) is 0. The summed E-state index contributed by atoms with van der Waals surface area (Å²) in [6, 6.07) is 0. The molecule has 0 spiro atoms. The molecule has 0 radical (unpaired) electrons. The standard InChI is InChI=1S/2C5H5.3CH2O.W/c2*1-2-4-5-3-1;3*1-2;/h2*1-3H,4H2;3*1H2;/q2*-1;;;;+2. The van der Waals surface area contributed by atoms with Crippen LogP contribution in [0.25, 0.3) is 0 Å². The molecule has 0 saturated carbocycles. The van der Waals surface area contributed by atoms with Crippen molar-refractivity contribution >= 4 is 20.4 Å². The molecule has 0 atom stereocenters. The second-order valence-corrected chi connectivity index (χ2v) is 2.01. The number of hydrogen-bond donors (Lipinski definition) is 0. The van der Waals surface area contributed by atoms with Crippen LogP contribution in [0.15, 0.2) is 36.5 Å². The van der Waals surface area contributed by atoms with E-state index in [1.165, 1.54) is 0 Å². The van der Waals surface area contributed by atoms with Crippen LogP contribution in [-0.4, -0.2) is 20.4 Å². The van der Waals surface area contributed by atoms with Gasteiger partial charge in [-0.15, -0.1) is 12.8 Å². The van der Waals surface area contributed by atoms with Crippen molar-refractivity contribution in [1.82, 2.24) is 0 Å². The predicted molar refractivity (Wildman–Crippen MR) is 64.5 cm³/mol. The van der Waals surface area contributed by atoms with E-state index in [9.17, 15) is 0 Å². The molecule has 0 unspecified atom stereocenters. The largest absolute Gasteiger partial charge is 2.00 e. The second-order valence-electron chi connectivity index (χ2n) is 2.01. The van der Waals surface area contributed by atoms with E-state index in [2.05, 4.69) is 24.3 Å². The summed E-state index contributed by atoms with van der Waals surface area (Å²) < 4.78 is 0. The van der Waals surface area contributed by atoms with Gasteiger partial charge in [0.15, 0.2) is 0 Å². The van der Waals surface area contributed by atoms with E-state index in [4.69, 9.17) is 14.4 Å². The first-order valence-electron chi connectivity index (χ1n) is 4.30. The van der Waals surface area contributed by atoms with Gasteiger partial charge >= 0.3 is 21.1 Å². The summed E-state index contributed by atoms with van der Waals surface area (Å²) in [5.41, 5.74) is 0. The van der Waals surface area contributed by atoms with E-state index in [1.54, 1.807) is 0 Å². The van der Waals surface area contributed by atoms with Crippen molar-refractivity contribution in [2.45, 2.75) is 12.8 Å². The third kappa shape index (κ3) is 31.3. The summed E-state index contributed by atoms with van der Waals surface area (Å²) >= 11 is 0. The van der Waals surface area contributed by atoms with E-state index >= 15 is 0 Å². The Bertz CT molecular complexity index is 186. The van der Waals surface area contributed by atoms with Crippen molar-refractivity contribution in [3.63, 3.8) is 0 Å². The third-order valence-electron chi connectivity index (χ3n) is 1.17. The van der Waals surface area contributed by atoms with Crippen molar-refractivity contribution in [2.75, 3.05) is 0 Å². The molecule has 0 bridgehead atoms. The molecular weight excluding hydrogens is 388 g/mol. The van der Waals surface area contributed by atoms with Gasteiger partial charge < -0.3 is 14.4 Å². The molecule has 2 aliphatic rings. The fraction of sp³-hybridized carbons (Fsp3) is 0.154. The summed E-state index contributed by atoms with van der Waals surface area (Å²) in [6.07, 6.45) is 20.0. The zero-order valence-electron chi connectivity index (χ0n) is 9.63. The van der Waals surface area contributed by atoms with Gasteiger partial charge in [-0.2, -0.15) is 12.2 Å². The fourth-order valence-corrected chi connectivity index (χ4v) is 0.680. The van der Waals surface area contributed by atoms with Crippen molar-refractivity contribution in [3.8, 4) is 0 Å². The Labute approximate surface area is 117 Å². The molecule has 17 heavy (non-hydrogen) atoms. The molecule has 4 heteroatoms. The topological polar surface area (TPSA) is 51.2 Å². The Morgan fingerprint density at radius 1 is 0.706 bits per heavy atom. The summed E-state index contributed by atoms with van der Waals surface area (Å²) in [5.74, 6) is 0. The van der Waals surface area contributed by atoms with Crippen molar-refractivity contribution in [1.29, 1.82) is 0 Å². The molecule has 92 valence electrons. The number of carbonyl (C=O) groups is 3. The average molecular weight is 404 g/mol. The Kier molecular flexibility index (Phi) is 53.1. The minimum Gasteiger partial charge on any atom is -0.307 e. The van der Waals surface area contributed by atoms with E-state index in [-0.39, 0.29) is 21.1 Å². The molecular formula is C13H16O3W. The maximum atomic E-state index is 8.00. The zero-order valence-corrected chi connectivity index (χ0v) is 12.6. The molecule has 0 aromatic heterocycles. The number of rotatable bonds is 0. The number of carbonyl (C=O) groups excluding carboxylic acids is 3. The van der Waals surface area contributed by atoms with Crippen LogP contribution >= 0.6 is 0 Å². The van der Waals surface area contributed by atoms with Crippen molar-refractivity contribution in [2.24, 2.45) is 0 Å². The average Bonchev–Trinajstić information content (AvgIpc) is 3.14. The molecule has 0 aliphatic heterocycles. The Morgan fingerprint density at radius 3 is 1.06 bits per heavy atom. The second kappa shape index (κ2) is 36.5. The fourth-order valence-electron chi connectivity index (χ4n) is 0.680. The molecule has 0 heterocycles. The van der Waals surface area contributed by atoms with Gasteiger partial charge in [-0.3, -0.25) is 12.2 Å². The molecule has 0 N–H and O–H groups in total. The van der Waals surface area contributed by atoms with Crippen molar-refractivity contribution in [3.05, 3.63) is 48.6 Å². The van der Waals surface area contributed by atoms with E-state index in [0.717, 1.165) is 12.8 Å². The van der Waals surface area contributed by atoms with Gasteiger partial charge in [0, 0.05) is 0 Å². The maximum absolute atomic E-state index is 8.00. The molecule has 0 aromatic carbocycles. The van der Waals surface area contributed by atoms with Crippen LogP contribution in [0.2, 0.25) is 0 Å². The maximum Gasteiger partial charge on any atom is 2.00 e. The van der Waals surface area contributed by atoms with Crippen molar-refractivity contribution < 1.29 is 35.4 Å². The quantitative estimate of drug-likeness (QED) is 0.581. The summed E-state index contributed by atoms with van der Waals surface area (Å²) in [5, 5.41) is 0. The molecule has 0 saturated heterocycles. The Hall–Kier alpha value is -1.34. The van der Waals surface area contributed by atoms with Crippen LogP contribution in [0.5, 0.6) is 0 Å².